The van der Waals surface area contributed by atoms with Gasteiger partial charge >= 0.3 is 0 Å². The molecule has 0 saturated heterocycles. The molecule has 2 heterocycles. The maximum atomic E-state index is 6.01. The van der Waals surface area contributed by atoms with Crippen molar-refractivity contribution in [2.45, 2.75) is 27.3 Å². The van der Waals surface area contributed by atoms with Gasteiger partial charge in [0.15, 0.2) is 5.82 Å². The lowest BCUT2D eigenvalue weighted by molar-refractivity contribution is 0.552. The van der Waals surface area contributed by atoms with E-state index in [0.717, 1.165) is 24.6 Å². The second kappa shape index (κ2) is 6.17. The second-order valence-electron chi connectivity index (χ2n) is 5.05. The molecule has 1 N–H and O–H groups in total. The van der Waals surface area contributed by atoms with Crippen LogP contribution < -0.4 is 5.32 Å². The number of hydrogen-bond donors (Lipinski definition) is 1. The van der Waals surface area contributed by atoms with Crippen LogP contribution in [-0.2, 0) is 6.54 Å². The molecule has 2 rings (SSSR count). The van der Waals surface area contributed by atoms with Crippen molar-refractivity contribution >= 4 is 11.6 Å². The molecule has 2 aromatic rings. The third-order valence-corrected chi connectivity index (χ3v) is 3.14. The van der Waals surface area contributed by atoms with Crippen molar-refractivity contribution in [1.82, 2.24) is 20.1 Å². The fourth-order valence-corrected chi connectivity index (χ4v) is 1.89. The first-order valence-corrected chi connectivity index (χ1v) is 6.82. The zero-order chi connectivity index (χ0) is 13.8. The number of nitrogens with one attached hydrogen (secondary N) is 1. The van der Waals surface area contributed by atoms with Crippen LogP contribution in [0.4, 0.5) is 0 Å². The largest absolute Gasteiger partial charge is 0.312 e. The van der Waals surface area contributed by atoms with Gasteiger partial charge in [0.05, 0.1) is 16.9 Å². The Bertz CT molecular complexity index is 529. The summed E-state index contributed by atoms with van der Waals surface area (Å²) in [5.74, 6) is 1.44. The summed E-state index contributed by atoms with van der Waals surface area (Å²) in [5.41, 5.74) is 2.00. The van der Waals surface area contributed by atoms with Crippen LogP contribution in [0.25, 0.3) is 5.82 Å². The van der Waals surface area contributed by atoms with E-state index in [0.29, 0.717) is 10.9 Å². The fraction of sp³-hybridized carbons (Fsp3) is 0.429. The molecule has 102 valence electrons. The summed E-state index contributed by atoms with van der Waals surface area (Å²) in [5, 5.41) is 8.40. The number of nitrogens with zero attached hydrogens (tertiary/aromatic N) is 3. The Balaban J connectivity index is 2.10. The molecule has 0 aliphatic rings. The monoisotopic (exact) mass is 278 g/mol. The van der Waals surface area contributed by atoms with Crippen LogP contribution in [0.3, 0.4) is 0 Å². The Hall–Kier alpha value is -1.39. The van der Waals surface area contributed by atoms with E-state index in [9.17, 15) is 0 Å². The van der Waals surface area contributed by atoms with Crippen LogP contribution in [0.5, 0.6) is 0 Å². The van der Waals surface area contributed by atoms with E-state index in [2.05, 4.69) is 29.2 Å². The number of pyridine rings is 1. The van der Waals surface area contributed by atoms with Crippen molar-refractivity contribution in [1.29, 1.82) is 0 Å². The number of halogens is 1. The molecular weight excluding hydrogens is 260 g/mol. The van der Waals surface area contributed by atoms with Gasteiger partial charge in [0.1, 0.15) is 0 Å². The number of hydrogen-bond acceptors (Lipinski definition) is 3. The molecule has 0 aromatic carbocycles. The van der Waals surface area contributed by atoms with Gasteiger partial charge in [-0.25, -0.2) is 9.67 Å². The SMILES string of the molecule is Cc1nn(-c2cc(CNCC(C)C)ccn2)cc1Cl. The second-order valence-corrected chi connectivity index (χ2v) is 5.46. The van der Waals surface area contributed by atoms with Crippen molar-refractivity contribution < 1.29 is 0 Å². The highest BCUT2D eigenvalue weighted by Crippen LogP contribution is 2.15. The molecule has 4 nitrogen and oxygen atoms in total. The van der Waals surface area contributed by atoms with Crippen LogP contribution in [0.15, 0.2) is 24.5 Å². The molecule has 0 radical (unpaired) electrons. The summed E-state index contributed by atoms with van der Waals surface area (Å²) in [6.07, 6.45) is 3.58. The standard InChI is InChI=1S/C14H19ClN4/c1-10(2)7-16-8-12-4-5-17-14(6-12)19-9-13(15)11(3)18-19/h4-6,9-10,16H,7-8H2,1-3H3. The lowest BCUT2D eigenvalue weighted by atomic mass is 10.2. The summed E-state index contributed by atoms with van der Waals surface area (Å²) in [6, 6.07) is 4.03. The predicted molar refractivity (Wildman–Crippen MR) is 77.7 cm³/mol. The van der Waals surface area contributed by atoms with Crippen LogP contribution in [0, 0.1) is 12.8 Å². The molecule has 19 heavy (non-hydrogen) atoms. The third-order valence-electron chi connectivity index (χ3n) is 2.77. The molecular formula is C14H19ClN4. The molecule has 0 amide bonds. The van der Waals surface area contributed by atoms with E-state index in [1.54, 1.807) is 17.1 Å². The van der Waals surface area contributed by atoms with Gasteiger partial charge in [-0.3, -0.25) is 0 Å². The summed E-state index contributed by atoms with van der Waals surface area (Å²) in [6.45, 7) is 8.11. The highest BCUT2D eigenvalue weighted by atomic mass is 35.5. The van der Waals surface area contributed by atoms with Gasteiger partial charge in [-0.2, -0.15) is 5.10 Å². The molecule has 0 fully saturated rings. The maximum absolute atomic E-state index is 6.01. The van der Waals surface area contributed by atoms with E-state index >= 15 is 0 Å². The van der Waals surface area contributed by atoms with Crippen molar-refractivity contribution in [2.24, 2.45) is 5.92 Å². The van der Waals surface area contributed by atoms with E-state index in [4.69, 9.17) is 11.6 Å². The van der Waals surface area contributed by atoms with Crippen LogP contribution in [0.1, 0.15) is 25.1 Å². The van der Waals surface area contributed by atoms with E-state index in [1.165, 1.54) is 5.56 Å². The van der Waals surface area contributed by atoms with Crippen LogP contribution in [-0.4, -0.2) is 21.3 Å². The summed E-state index contributed by atoms with van der Waals surface area (Å²) in [4.78, 5) is 4.32. The molecule has 0 unspecified atom stereocenters. The fourth-order valence-electron chi connectivity index (χ4n) is 1.76. The summed E-state index contributed by atoms with van der Waals surface area (Å²) >= 11 is 6.01. The number of aromatic nitrogens is 3. The Morgan fingerprint density at radius 3 is 2.84 bits per heavy atom. The lowest BCUT2D eigenvalue weighted by Crippen LogP contribution is -2.19. The van der Waals surface area contributed by atoms with Crippen molar-refractivity contribution in [3.05, 3.63) is 40.8 Å². The van der Waals surface area contributed by atoms with E-state index in [1.807, 2.05) is 19.1 Å². The third kappa shape index (κ3) is 3.78. The minimum Gasteiger partial charge on any atom is -0.312 e. The molecule has 2 aromatic heterocycles. The normalized spacial score (nSPS) is 11.2. The van der Waals surface area contributed by atoms with Gasteiger partial charge in [-0.1, -0.05) is 25.4 Å². The smallest absolute Gasteiger partial charge is 0.153 e. The maximum Gasteiger partial charge on any atom is 0.153 e. The Labute approximate surface area is 118 Å². The quantitative estimate of drug-likeness (QED) is 0.914. The summed E-state index contributed by atoms with van der Waals surface area (Å²) in [7, 11) is 0. The molecule has 0 saturated carbocycles. The minimum absolute atomic E-state index is 0.647. The van der Waals surface area contributed by atoms with Gasteiger partial charge in [-0.15, -0.1) is 0 Å². The Morgan fingerprint density at radius 1 is 1.42 bits per heavy atom. The first-order valence-electron chi connectivity index (χ1n) is 6.44. The molecule has 5 heteroatoms. The minimum atomic E-state index is 0.647. The van der Waals surface area contributed by atoms with E-state index in [-0.39, 0.29) is 0 Å². The van der Waals surface area contributed by atoms with Gasteiger partial charge in [0.2, 0.25) is 0 Å². The van der Waals surface area contributed by atoms with Gasteiger partial charge in [0, 0.05) is 12.7 Å². The van der Waals surface area contributed by atoms with Gasteiger partial charge in [-0.05, 0) is 37.1 Å². The average Bonchev–Trinajstić information content (AvgIpc) is 2.70. The molecule has 0 bridgehead atoms. The summed E-state index contributed by atoms with van der Waals surface area (Å²) < 4.78 is 1.71. The topological polar surface area (TPSA) is 42.7 Å². The number of aryl methyl sites for hydroxylation is 1. The van der Waals surface area contributed by atoms with Crippen molar-refractivity contribution in [3.63, 3.8) is 0 Å². The first-order chi connectivity index (χ1) is 9.06. The van der Waals surface area contributed by atoms with Gasteiger partial charge in [0.25, 0.3) is 0 Å². The van der Waals surface area contributed by atoms with Crippen molar-refractivity contribution in [3.8, 4) is 5.82 Å². The Kier molecular flexibility index (Phi) is 4.56. The van der Waals surface area contributed by atoms with Crippen LogP contribution in [0.2, 0.25) is 5.02 Å². The zero-order valence-corrected chi connectivity index (χ0v) is 12.3. The molecule has 0 atom stereocenters. The van der Waals surface area contributed by atoms with Crippen LogP contribution >= 0.6 is 11.6 Å². The van der Waals surface area contributed by atoms with Gasteiger partial charge < -0.3 is 5.32 Å². The van der Waals surface area contributed by atoms with Crippen molar-refractivity contribution in [2.75, 3.05) is 6.54 Å². The first kappa shape index (κ1) is 14.0. The Morgan fingerprint density at radius 2 is 2.21 bits per heavy atom. The highest BCUT2D eigenvalue weighted by Gasteiger charge is 2.05. The molecule has 0 spiro atoms. The highest BCUT2D eigenvalue weighted by molar-refractivity contribution is 6.31. The zero-order valence-electron chi connectivity index (χ0n) is 11.5. The number of rotatable bonds is 5. The molecule has 0 aliphatic carbocycles. The van der Waals surface area contributed by atoms with E-state index < -0.39 is 0 Å². The lowest BCUT2D eigenvalue weighted by Gasteiger charge is -2.08. The predicted octanol–water partition coefficient (Wildman–Crippen LogP) is 2.97. The molecule has 0 aliphatic heterocycles. The average molecular weight is 279 g/mol.